The smallest absolute Gasteiger partial charge is 0.323 e. The maximum Gasteiger partial charge on any atom is 0.323 e. The third-order valence-electron chi connectivity index (χ3n) is 3.75. The van der Waals surface area contributed by atoms with Gasteiger partial charge in [-0.05, 0) is 31.0 Å². The van der Waals surface area contributed by atoms with Crippen LogP contribution in [0.3, 0.4) is 0 Å². The van der Waals surface area contributed by atoms with Gasteiger partial charge >= 0.3 is 5.97 Å². The molecule has 128 valence electrons. The van der Waals surface area contributed by atoms with Crippen molar-refractivity contribution in [3.8, 4) is 5.75 Å². The molecule has 1 atom stereocenters. The summed E-state index contributed by atoms with van der Waals surface area (Å²) in [7, 11) is 0. The predicted molar refractivity (Wildman–Crippen MR) is 87.5 cm³/mol. The Bertz CT molecular complexity index is 472. The van der Waals surface area contributed by atoms with E-state index in [0.717, 1.165) is 44.2 Å². The number of carbonyl (C=O) groups excluding carboxylic acids is 1. The minimum Gasteiger partial charge on any atom is -0.492 e. The molecule has 0 amide bonds. The Labute approximate surface area is 137 Å². The van der Waals surface area contributed by atoms with Gasteiger partial charge in [-0.3, -0.25) is 9.69 Å². The Morgan fingerprint density at radius 1 is 1.30 bits per heavy atom. The molecule has 0 saturated carbocycles. The second kappa shape index (κ2) is 9.50. The Kier molecular flexibility index (Phi) is 7.32. The molecule has 1 aliphatic heterocycles. The molecule has 6 heteroatoms. The van der Waals surface area contributed by atoms with Crippen molar-refractivity contribution >= 4 is 5.97 Å². The summed E-state index contributed by atoms with van der Waals surface area (Å²) in [5, 5.41) is 0. The van der Waals surface area contributed by atoms with Crippen LogP contribution in [0.25, 0.3) is 0 Å². The first-order chi connectivity index (χ1) is 11.2. The first-order valence-corrected chi connectivity index (χ1v) is 8.13. The van der Waals surface area contributed by atoms with Crippen LogP contribution < -0.4 is 10.5 Å². The summed E-state index contributed by atoms with van der Waals surface area (Å²) in [6.07, 6.45) is 0.465. The van der Waals surface area contributed by atoms with Crippen molar-refractivity contribution in [1.82, 2.24) is 4.90 Å². The van der Waals surface area contributed by atoms with E-state index in [2.05, 4.69) is 4.90 Å². The minimum absolute atomic E-state index is 0.350. The average molecular weight is 322 g/mol. The lowest BCUT2D eigenvalue weighted by atomic mass is 10.1. The molecule has 1 unspecified atom stereocenters. The third kappa shape index (κ3) is 6.17. The van der Waals surface area contributed by atoms with Gasteiger partial charge in [-0.25, -0.2) is 0 Å². The molecule has 0 spiro atoms. The molecule has 1 aliphatic rings. The largest absolute Gasteiger partial charge is 0.492 e. The first kappa shape index (κ1) is 17.7. The third-order valence-corrected chi connectivity index (χ3v) is 3.75. The summed E-state index contributed by atoms with van der Waals surface area (Å²) in [4.78, 5) is 13.9. The van der Waals surface area contributed by atoms with Crippen molar-refractivity contribution in [1.29, 1.82) is 0 Å². The Hall–Kier alpha value is -1.63. The Morgan fingerprint density at radius 2 is 2.00 bits per heavy atom. The highest BCUT2D eigenvalue weighted by Gasteiger charge is 2.15. The Morgan fingerprint density at radius 3 is 2.65 bits per heavy atom. The molecule has 0 aromatic heterocycles. The number of carbonyl (C=O) groups is 1. The van der Waals surface area contributed by atoms with Crippen LogP contribution in [0.1, 0.15) is 12.5 Å². The summed E-state index contributed by atoms with van der Waals surface area (Å²) >= 11 is 0. The summed E-state index contributed by atoms with van der Waals surface area (Å²) in [6, 6.07) is 7.06. The minimum atomic E-state index is -0.622. The number of esters is 1. The molecule has 2 N–H and O–H groups in total. The average Bonchev–Trinajstić information content (AvgIpc) is 2.57. The maximum atomic E-state index is 11.5. The zero-order valence-corrected chi connectivity index (χ0v) is 13.7. The zero-order valence-electron chi connectivity index (χ0n) is 13.7. The highest BCUT2D eigenvalue weighted by atomic mass is 16.5. The normalized spacial score (nSPS) is 16.8. The van der Waals surface area contributed by atoms with E-state index in [9.17, 15) is 4.79 Å². The number of rotatable bonds is 8. The van der Waals surface area contributed by atoms with E-state index in [1.807, 2.05) is 24.3 Å². The van der Waals surface area contributed by atoms with Crippen LogP contribution in [-0.4, -0.2) is 63.0 Å². The van der Waals surface area contributed by atoms with Crippen LogP contribution in [0.4, 0.5) is 0 Å². The van der Waals surface area contributed by atoms with Gasteiger partial charge in [0.1, 0.15) is 18.4 Å². The van der Waals surface area contributed by atoms with E-state index < -0.39 is 6.04 Å². The van der Waals surface area contributed by atoms with E-state index in [4.69, 9.17) is 19.9 Å². The quantitative estimate of drug-likeness (QED) is 0.715. The zero-order chi connectivity index (χ0) is 16.5. The fourth-order valence-electron chi connectivity index (χ4n) is 2.43. The number of nitrogens with zero attached hydrogens (tertiary/aromatic N) is 1. The van der Waals surface area contributed by atoms with E-state index in [0.29, 0.717) is 19.6 Å². The molecular weight excluding hydrogens is 296 g/mol. The molecule has 0 radical (unpaired) electrons. The molecular formula is C17H26N2O4. The number of morpholine rings is 1. The fourth-order valence-corrected chi connectivity index (χ4v) is 2.43. The maximum absolute atomic E-state index is 11.5. The van der Waals surface area contributed by atoms with Gasteiger partial charge in [0.2, 0.25) is 0 Å². The van der Waals surface area contributed by atoms with Crippen LogP contribution >= 0.6 is 0 Å². The van der Waals surface area contributed by atoms with Gasteiger partial charge in [0, 0.05) is 19.6 Å². The fraction of sp³-hybridized carbons (Fsp3) is 0.588. The number of nitrogens with two attached hydrogens (primary N) is 1. The van der Waals surface area contributed by atoms with E-state index in [1.54, 1.807) is 6.92 Å². The van der Waals surface area contributed by atoms with Gasteiger partial charge in [-0.15, -0.1) is 0 Å². The summed E-state index contributed by atoms with van der Waals surface area (Å²) in [5.74, 6) is 0.463. The SMILES string of the molecule is CCOC(=O)C(N)Cc1ccc(OCCN2CCOCC2)cc1. The number of ether oxygens (including phenoxy) is 3. The predicted octanol–water partition coefficient (Wildman–Crippen LogP) is 0.831. The van der Waals surface area contributed by atoms with Gasteiger partial charge in [0.25, 0.3) is 0 Å². The monoisotopic (exact) mass is 322 g/mol. The van der Waals surface area contributed by atoms with Gasteiger partial charge in [0.05, 0.1) is 19.8 Å². The lowest BCUT2D eigenvalue weighted by Gasteiger charge is -2.26. The molecule has 1 fully saturated rings. The molecule has 1 heterocycles. The number of benzene rings is 1. The molecule has 1 aromatic rings. The van der Waals surface area contributed by atoms with Crippen molar-refractivity contribution in [2.45, 2.75) is 19.4 Å². The van der Waals surface area contributed by atoms with Crippen molar-refractivity contribution in [3.63, 3.8) is 0 Å². The van der Waals surface area contributed by atoms with Gasteiger partial charge < -0.3 is 19.9 Å². The second-order valence-corrected chi connectivity index (χ2v) is 5.51. The Balaban J connectivity index is 1.72. The number of hydrogen-bond acceptors (Lipinski definition) is 6. The van der Waals surface area contributed by atoms with Crippen molar-refractivity contribution in [3.05, 3.63) is 29.8 Å². The van der Waals surface area contributed by atoms with E-state index >= 15 is 0 Å². The summed E-state index contributed by atoms with van der Waals surface area (Å²) < 4.78 is 16.0. The van der Waals surface area contributed by atoms with Crippen LogP contribution in [-0.2, 0) is 20.7 Å². The number of hydrogen-bond donors (Lipinski definition) is 1. The van der Waals surface area contributed by atoms with Gasteiger partial charge in [-0.1, -0.05) is 12.1 Å². The van der Waals surface area contributed by atoms with Crippen LogP contribution in [0.15, 0.2) is 24.3 Å². The second-order valence-electron chi connectivity index (χ2n) is 5.51. The van der Waals surface area contributed by atoms with Crippen LogP contribution in [0.2, 0.25) is 0 Å². The molecule has 1 saturated heterocycles. The lowest BCUT2D eigenvalue weighted by molar-refractivity contribution is -0.144. The first-order valence-electron chi connectivity index (χ1n) is 8.13. The highest BCUT2D eigenvalue weighted by molar-refractivity contribution is 5.75. The topological polar surface area (TPSA) is 74.0 Å². The van der Waals surface area contributed by atoms with Crippen molar-refractivity contribution in [2.24, 2.45) is 5.73 Å². The molecule has 23 heavy (non-hydrogen) atoms. The standard InChI is InChI=1S/C17H26N2O4/c1-2-22-17(20)16(18)13-14-3-5-15(6-4-14)23-12-9-19-7-10-21-11-8-19/h3-6,16H,2,7-13,18H2,1H3. The van der Waals surface area contributed by atoms with E-state index in [1.165, 1.54) is 0 Å². The lowest BCUT2D eigenvalue weighted by Crippen LogP contribution is -2.38. The molecule has 0 aliphatic carbocycles. The van der Waals surface area contributed by atoms with Gasteiger partial charge in [0.15, 0.2) is 0 Å². The molecule has 0 bridgehead atoms. The van der Waals surface area contributed by atoms with Crippen LogP contribution in [0.5, 0.6) is 5.75 Å². The van der Waals surface area contributed by atoms with Crippen LogP contribution in [0, 0.1) is 0 Å². The van der Waals surface area contributed by atoms with Crippen molar-refractivity contribution < 1.29 is 19.0 Å². The molecule has 6 nitrogen and oxygen atoms in total. The summed E-state index contributed by atoms with van der Waals surface area (Å²) in [6.45, 7) is 7.21. The molecule has 2 rings (SSSR count). The summed E-state index contributed by atoms with van der Waals surface area (Å²) in [5.41, 5.74) is 6.81. The van der Waals surface area contributed by atoms with Crippen molar-refractivity contribution in [2.75, 3.05) is 46.1 Å². The van der Waals surface area contributed by atoms with E-state index in [-0.39, 0.29) is 5.97 Å². The highest BCUT2D eigenvalue weighted by Crippen LogP contribution is 2.13. The molecule has 1 aromatic carbocycles. The van der Waals surface area contributed by atoms with Gasteiger partial charge in [-0.2, -0.15) is 0 Å².